The first kappa shape index (κ1) is 13.4. The molecule has 0 heterocycles. The average Bonchev–Trinajstić information content (AvgIpc) is 2.76. The second-order valence-electron chi connectivity index (χ2n) is 6.22. The monoisotopic (exact) mass is 279 g/mol. The Morgan fingerprint density at radius 1 is 1.16 bits per heavy atom. The normalized spacial score (nSPS) is 30.9. The minimum Gasteiger partial charge on any atom is -0.392 e. The van der Waals surface area contributed by atoms with E-state index in [0.29, 0.717) is 0 Å². The van der Waals surface area contributed by atoms with Gasteiger partial charge in [-0.1, -0.05) is 36.6 Å². The van der Waals surface area contributed by atoms with Crippen molar-refractivity contribution in [2.45, 2.75) is 56.1 Å². The van der Waals surface area contributed by atoms with Crippen LogP contribution in [0.1, 0.15) is 44.1 Å². The van der Waals surface area contributed by atoms with Crippen molar-refractivity contribution >= 4 is 11.6 Å². The molecule has 2 saturated carbocycles. The number of aliphatic hydroxyl groups excluding tert-OH is 1. The molecule has 104 valence electrons. The largest absolute Gasteiger partial charge is 0.392 e. The molecule has 1 aromatic carbocycles. The minimum absolute atomic E-state index is 0.0722. The molecular formula is C16H22ClNO. The lowest BCUT2D eigenvalue weighted by molar-refractivity contribution is -0.0166. The molecule has 0 radical (unpaired) electrons. The summed E-state index contributed by atoms with van der Waals surface area (Å²) in [4.78, 5) is 0. The first-order valence-corrected chi connectivity index (χ1v) is 7.71. The fourth-order valence-corrected chi connectivity index (χ4v) is 4.04. The van der Waals surface area contributed by atoms with Crippen molar-refractivity contribution in [3.8, 4) is 0 Å². The van der Waals surface area contributed by atoms with E-state index in [1.165, 1.54) is 12.0 Å². The number of aliphatic hydroxyl groups is 1. The quantitative estimate of drug-likeness (QED) is 0.892. The van der Waals surface area contributed by atoms with Crippen LogP contribution < -0.4 is 5.73 Å². The Hall–Kier alpha value is -0.570. The van der Waals surface area contributed by atoms with Crippen molar-refractivity contribution in [1.29, 1.82) is 0 Å². The highest BCUT2D eigenvalue weighted by Crippen LogP contribution is 2.50. The highest BCUT2D eigenvalue weighted by atomic mass is 35.5. The molecule has 3 rings (SSSR count). The van der Waals surface area contributed by atoms with Crippen molar-refractivity contribution in [3.05, 3.63) is 34.9 Å². The molecule has 2 nitrogen and oxygen atoms in total. The van der Waals surface area contributed by atoms with Crippen molar-refractivity contribution in [2.75, 3.05) is 0 Å². The van der Waals surface area contributed by atoms with Crippen LogP contribution in [0.5, 0.6) is 0 Å². The summed E-state index contributed by atoms with van der Waals surface area (Å²) in [6.45, 7) is 0. The topological polar surface area (TPSA) is 46.2 Å². The van der Waals surface area contributed by atoms with Gasteiger partial charge in [-0.3, -0.25) is 0 Å². The standard InChI is InChI=1S/C16H22ClNO/c17-12-7-5-11(6-8-12)16(9-2-10-16)15(19)13-3-1-4-14(13)18/h5-8,13-15,19H,1-4,9-10,18H2/t13-,14-,15?/m1/s1. The van der Waals surface area contributed by atoms with E-state index < -0.39 is 0 Å². The maximum atomic E-state index is 10.9. The van der Waals surface area contributed by atoms with Gasteiger partial charge in [0, 0.05) is 22.4 Å². The maximum absolute atomic E-state index is 10.9. The van der Waals surface area contributed by atoms with Crippen LogP contribution in [-0.2, 0) is 5.41 Å². The van der Waals surface area contributed by atoms with Gasteiger partial charge < -0.3 is 10.8 Å². The number of nitrogens with two attached hydrogens (primary N) is 1. The first-order valence-electron chi connectivity index (χ1n) is 7.33. The number of hydrogen-bond donors (Lipinski definition) is 2. The molecule has 1 aromatic rings. The van der Waals surface area contributed by atoms with Gasteiger partial charge in [-0.15, -0.1) is 0 Å². The van der Waals surface area contributed by atoms with Gasteiger partial charge in [-0.2, -0.15) is 0 Å². The van der Waals surface area contributed by atoms with Gasteiger partial charge in [0.2, 0.25) is 0 Å². The summed E-state index contributed by atoms with van der Waals surface area (Å²) >= 11 is 5.97. The third-order valence-corrected chi connectivity index (χ3v) is 5.51. The van der Waals surface area contributed by atoms with Crippen LogP contribution in [0.4, 0.5) is 0 Å². The van der Waals surface area contributed by atoms with Crippen molar-refractivity contribution < 1.29 is 5.11 Å². The second-order valence-corrected chi connectivity index (χ2v) is 6.66. The SMILES string of the molecule is N[C@@H]1CCC[C@H]1C(O)C1(c2ccc(Cl)cc2)CCC1. The van der Waals surface area contributed by atoms with Crippen LogP contribution in [0.3, 0.4) is 0 Å². The summed E-state index contributed by atoms with van der Waals surface area (Å²) in [5.41, 5.74) is 7.34. The number of hydrogen-bond acceptors (Lipinski definition) is 2. The Morgan fingerprint density at radius 3 is 2.32 bits per heavy atom. The van der Waals surface area contributed by atoms with E-state index in [1.807, 2.05) is 12.1 Å². The summed E-state index contributed by atoms with van der Waals surface area (Å²) in [5.74, 6) is 0.260. The van der Waals surface area contributed by atoms with Crippen LogP contribution in [0.2, 0.25) is 5.02 Å². The minimum atomic E-state index is -0.306. The molecule has 0 saturated heterocycles. The zero-order chi connectivity index (χ0) is 13.5. The lowest BCUT2D eigenvalue weighted by Gasteiger charge is -2.49. The van der Waals surface area contributed by atoms with Gasteiger partial charge in [0.25, 0.3) is 0 Å². The summed E-state index contributed by atoms with van der Waals surface area (Å²) < 4.78 is 0. The molecule has 0 amide bonds. The Bertz CT molecular complexity index is 441. The van der Waals surface area contributed by atoms with Gasteiger partial charge in [-0.05, 0) is 43.4 Å². The van der Waals surface area contributed by atoms with Crippen molar-refractivity contribution in [1.82, 2.24) is 0 Å². The van der Waals surface area contributed by atoms with Gasteiger partial charge in [-0.25, -0.2) is 0 Å². The van der Waals surface area contributed by atoms with Gasteiger partial charge in [0.05, 0.1) is 6.10 Å². The molecule has 0 bridgehead atoms. The smallest absolute Gasteiger partial charge is 0.0679 e. The molecular weight excluding hydrogens is 258 g/mol. The van der Waals surface area contributed by atoms with Gasteiger partial charge in [0.15, 0.2) is 0 Å². The fraction of sp³-hybridized carbons (Fsp3) is 0.625. The predicted octanol–water partition coefficient (Wildman–Crippen LogP) is 3.25. The molecule has 0 aromatic heterocycles. The molecule has 1 unspecified atom stereocenters. The third kappa shape index (κ3) is 2.20. The zero-order valence-corrected chi connectivity index (χ0v) is 11.9. The average molecular weight is 280 g/mol. The summed E-state index contributed by atoms with van der Waals surface area (Å²) in [6, 6.07) is 8.17. The molecule has 2 aliphatic rings. The fourth-order valence-electron chi connectivity index (χ4n) is 3.91. The van der Waals surface area contributed by atoms with Crippen LogP contribution in [0.15, 0.2) is 24.3 Å². The molecule has 2 fully saturated rings. The Balaban J connectivity index is 1.88. The Labute approximate surface area is 120 Å². The van der Waals surface area contributed by atoms with E-state index in [9.17, 15) is 5.11 Å². The number of halogens is 1. The zero-order valence-electron chi connectivity index (χ0n) is 11.2. The molecule has 2 aliphatic carbocycles. The van der Waals surface area contributed by atoms with Crippen LogP contribution in [-0.4, -0.2) is 17.3 Å². The van der Waals surface area contributed by atoms with Crippen molar-refractivity contribution in [3.63, 3.8) is 0 Å². The Morgan fingerprint density at radius 2 is 1.84 bits per heavy atom. The van der Waals surface area contributed by atoms with E-state index in [0.717, 1.165) is 37.1 Å². The molecule has 3 atom stereocenters. The van der Waals surface area contributed by atoms with Gasteiger partial charge in [0.1, 0.15) is 0 Å². The lowest BCUT2D eigenvalue weighted by Crippen LogP contribution is -2.51. The summed E-state index contributed by atoms with van der Waals surface area (Å²) in [5, 5.41) is 11.7. The molecule has 0 spiro atoms. The van der Waals surface area contributed by atoms with Crippen LogP contribution in [0, 0.1) is 5.92 Å². The molecule has 3 heteroatoms. The van der Waals surface area contributed by atoms with Gasteiger partial charge >= 0.3 is 0 Å². The molecule has 3 N–H and O–H groups in total. The highest BCUT2D eigenvalue weighted by molar-refractivity contribution is 6.30. The maximum Gasteiger partial charge on any atom is 0.0679 e. The first-order chi connectivity index (χ1) is 9.13. The van der Waals surface area contributed by atoms with E-state index in [-0.39, 0.29) is 23.5 Å². The highest BCUT2D eigenvalue weighted by Gasteiger charge is 2.49. The summed E-state index contributed by atoms with van der Waals surface area (Å²) in [7, 11) is 0. The third-order valence-electron chi connectivity index (χ3n) is 5.26. The predicted molar refractivity (Wildman–Crippen MR) is 78.3 cm³/mol. The number of benzene rings is 1. The van der Waals surface area contributed by atoms with Crippen molar-refractivity contribution in [2.24, 2.45) is 11.7 Å². The van der Waals surface area contributed by atoms with E-state index in [4.69, 9.17) is 17.3 Å². The lowest BCUT2D eigenvalue weighted by atomic mass is 9.58. The Kier molecular flexibility index (Phi) is 3.59. The summed E-state index contributed by atoms with van der Waals surface area (Å²) in [6.07, 6.45) is 6.30. The second kappa shape index (κ2) is 5.08. The van der Waals surface area contributed by atoms with Crippen LogP contribution >= 0.6 is 11.6 Å². The van der Waals surface area contributed by atoms with E-state index in [1.54, 1.807) is 0 Å². The van der Waals surface area contributed by atoms with E-state index in [2.05, 4.69) is 12.1 Å². The molecule has 19 heavy (non-hydrogen) atoms. The van der Waals surface area contributed by atoms with E-state index >= 15 is 0 Å². The van der Waals surface area contributed by atoms with Crippen LogP contribution in [0.25, 0.3) is 0 Å². The molecule has 0 aliphatic heterocycles. The number of rotatable bonds is 3.